The summed E-state index contributed by atoms with van der Waals surface area (Å²) in [5, 5.41) is 1.16. The lowest BCUT2D eigenvalue weighted by Gasteiger charge is -2.37. The van der Waals surface area contributed by atoms with Crippen molar-refractivity contribution >= 4 is 39.0 Å². The second-order valence-electron chi connectivity index (χ2n) is 10.5. The normalized spacial score (nSPS) is 12.7. The van der Waals surface area contributed by atoms with E-state index in [1.807, 2.05) is 78.9 Å². The Hall–Kier alpha value is -5.81. The molecule has 9 rings (SSSR count). The molecule has 6 aromatic carbocycles. The summed E-state index contributed by atoms with van der Waals surface area (Å²) >= 11 is 0. The van der Waals surface area contributed by atoms with Crippen molar-refractivity contribution in [3.05, 3.63) is 138 Å². The predicted molar refractivity (Wildman–Crippen MR) is 166 cm³/mol. The third-order valence-corrected chi connectivity index (χ3v) is 8.04. The Balaban J connectivity index is 1.14. The molecule has 0 saturated carbocycles. The van der Waals surface area contributed by atoms with Crippen LogP contribution in [0.15, 0.2) is 137 Å². The summed E-state index contributed by atoms with van der Waals surface area (Å²) in [7, 11) is 0. The van der Waals surface area contributed by atoms with Gasteiger partial charge in [0.05, 0.1) is 22.1 Å². The predicted octanol–water partition coefficient (Wildman–Crippen LogP) is 9.96. The first-order valence-electron chi connectivity index (χ1n) is 13.8. The Morgan fingerprint density at radius 1 is 0.452 bits per heavy atom. The van der Waals surface area contributed by atoms with Gasteiger partial charge in [-0.15, -0.1) is 0 Å². The van der Waals surface area contributed by atoms with E-state index in [1.165, 1.54) is 0 Å². The van der Waals surface area contributed by atoms with Crippen molar-refractivity contribution < 1.29 is 13.9 Å². The molecule has 0 N–H and O–H groups in total. The van der Waals surface area contributed by atoms with E-state index in [1.54, 1.807) is 6.07 Å². The van der Waals surface area contributed by atoms with Gasteiger partial charge < -0.3 is 13.9 Å². The second-order valence-corrected chi connectivity index (χ2v) is 10.5. The molecule has 5 heteroatoms. The molecule has 0 unspecified atom stereocenters. The standard InChI is InChI=1S/C37H21NO4/c39-37-26-9-1-3-11-30(26)40-31-18-16-24(20-27(31)37)22-7-5-8-23(19-22)25-15-17-29-35(21-25)42-34-14-6-13-33-36(34)38(29)28-10-2-4-12-32(28)41-33/h1-21H. The van der Waals surface area contributed by atoms with Crippen molar-refractivity contribution in [2.75, 3.05) is 4.90 Å². The van der Waals surface area contributed by atoms with Gasteiger partial charge in [-0.2, -0.15) is 0 Å². The molecule has 5 nitrogen and oxygen atoms in total. The first kappa shape index (κ1) is 22.9. The van der Waals surface area contributed by atoms with Gasteiger partial charge in [0.15, 0.2) is 23.0 Å². The third kappa shape index (κ3) is 3.34. The molecule has 3 heterocycles. The van der Waals surface area contributed by atoms with Crippen molar-refractivity contribution in [2.24, 2.45) is 0 Å². The van der Waals surface area contributed by atoms with Crippen LogP contribution in [0.5, 0.6) is 23.0 Å². The Morgan fingerprint density at radius 3 is 1.95 bits per heavy atom. The van der Waals surface area contributed by atoms with E-state index in [0.717, 1.165) is 62.3 Å². The number of ether oxygens (including phenoxy) is 2. The van der Waals surface area contributed by atoms with Gasteiger partial charge in [-0.3, -0.25) is 9.69 Å². The van der Waals surface area contributed by atoms with Crippen LogP contribution in [0.1, 0.15) is 0 Å². The van der Waals surface area contributed by atoms with Crippen LogP contribution in [0.25, 0.3) is 44.2 Å². The molecular formula is C37H21NO4. The van der Waals surface area contributed by atoms with Gasteiger partial charge in [0.2, 0.25) is 5.43 Å². The van der Waals surface area contributed by atoms with Gasteiger partial charge in [0.1, 0.15) is 16.9 Å². The zero-order chi connectivity index (χ0) is 27.8. The maximum Gasteiger partial charge on any atom is 0.200 e. The first-order valence-corrected chi connectivity index (χ1v) is 13.8. The number of anilines is 3. The minimum atomic E-state index is -0.0233. The van der Waals surface area contributed by atoms with Crippen LogP contribution in [0.2, 0.25) is 0 Å². The van der Waals surface area contributed by atoms with Gasteiger partial charge in [-0.1, -0.05) is 60.7 Å². The molecule has 0 amide bonds. The van der Waals surface area contributed by atoms with Gasteiger partial charge in [0, 0.05) is 0 Å². The molecule has 0 saturated heterocycles. The molecule has 0 bridgehead atoms. The molecule has 0 aliphatic carbocycles. The fourth-order valence-corrected chi connectivity index (χ4v) is 6.04. The first-order chi connectivity index (χ1) is 20.7. The molecule has 0 atom stereocenters. The van der Waals surface area contributed by atoms with Crippen LogP contribution in [0.3, 0.4) is 0 Å². The summed E-state index contributed by atoms with van der Waals surface area (Å²) in [4.78, 5) is 15.5. The average molecular weight is 544 g/mol. The van der Waals surface area contributed by atoms with Crippen LogP contribution in [-0.4, -0.2) is 0 Å². The zero-order valence-electron chi connectivity index (χ0n) is 22.2. The lowest BCUT2D eigenvalue weighted by atomic mass is 9.97. The van der Waals surface area contributed by atoms with Crippen molar-refractivity contribution in [1.82, 2.24) is 0 Å². The van der Waals surface area contributed by atoms with E-state index < -0.39 is 0 Å². The summed E-state index contributed by atoms with van der Waals surface area (Å²) in [6, 6.07) is 41.7. The fourth-order valence-electron chi connectivity index (χ4n) is 6.04. The topological polar surface area (TPSA) is 51.9 Å². The molecular weight excluding hydrogens is 522 g/mol. The number of hydrogen-bond donors (Lipinski definition) is 0. The molecule has 2 aliphatic rings. The SMILES string of the molecule is O=c1c2ccccc2oc2ccc(-c3cccc(-c4ccc5c(c4)Oc4cccc6c4N5c4ccccc4O6)c3)cc12. The average Bonchev–Trinajstić information content (AvgIpc) is 3.04. The van der Waals surface area contributed by atoms with Gasteiger partial charge in [-0.05, 0) is 89.0 Å². The lowest BCUT2D eigenvalue weighted by Crippen LogP contribution is -2.20. The van der Waals surface area contributed by atoms with E-state index in [-0.39, 0.29) is 5.43 Å². The highest BCUT2D eigenvalue weighted by Crippen LogP contribution is 2.59. The van der Waals surface area contributed by atoms with Crippen LogP contribution >= 0.6 is 0 Å². The van der Waals surface area contributed by atoms with E-state index in [0.29, 0.717) is 21.9 Å². The number of nitrogens with zero attached hydrogens (tertiary/aromatic N) is 1. The molecule has 0 fully saturated rings. The number of fused-ring (bicyclic) bond motifs is 6. The molecule has 0 radical (unpaired) electrons. The van der Waals surface area contributed by atoms with E-state index >= 15 is 0 Å². The van der Waals surface area contributed by atoms with Crippen molar-refractivity contribution in [2.45, 2.75) is 0 Å². The molecule has 7 aromatic rings. The summed E-state index contributed by atoms with van der Waals surface area (Å²) in [5.74, 6) is 3.10. The number of para-hydroxylation sites is 4. The third-order valence-electron chi connectivity index (χ3n) is 8.04. The van der Waals surface area contributed by atoms with Crippen LogP contribution < -0.4 is 19.8 Å². The summed E-state index contributed by atoms with van der Waals surface area (Å²) in [6.07, 6.45) is 0. The highest BCUT2D eigenvalue weighted by Gasteiger charge is 2.34. The zero-order valence-corrected chi connectivity index (χ0v) is 22.2. The summed E-state index contributed by atoms with van der Waals surface area (Å²) in [6.45, 7) is 0. The van der Waals surface area contributed by atoms with E-state index in [9.17, 15) is 4.79 Å². The van der Waals surface area contributed by atoms with Crippen LogP contribution in [0.4, 0.5) is 17.1 Å². The number of benzene rings is 6. The van der Waals surface area contributed by atoms with Crippen LogP contribution in [-0.2, 0) is 0 Å². The van der Waals surface area contributed by atoms with E-state index in [2.05, 4.69) is 47.4 Å². The quantitative estimate of drug-likeness (QED) is 0.203. The molecule has 42 heavy (non-hydrogen) atoms. The molecule has 1 aromatic heterocycles. The van der Waals surface area contributed by atoms with E-state index in [4.69, 9.17) is 13.9 Å². The molecule has 2 aliphatic heterocycles. The van der Waals surface area contributed by atoms with Crippen LogP contribution in [0, 0.1) is 0 Å². The largest absolute Gasteiger partial charge is 0.456 e. The summed E-state index contributed by atoms with van der Waals surface area (Å²) in [5.41, 5.74) is 8.04. The second kappa shape index (κ2) is 8.59. The fraction of sp³-hybridized carbons (Fsp3) is 0. The number of hydrogen-bond acceptors (Lipinski definition) is 5. The Kier molecular flexibility index (Phi) is 4.70. The Bertz CT molecular complexity index is 2300. The van der Waals surface area contributed by atoms with Gasteiger partial charge >= 0.3 is 0 Å². The minimum Gasteiger partial charge on any atom is -0.456 e. The minimum absolute atomic E-state index is 0.0233. The Morgan fingerprint density at radius 2 is 1.07 bits per heavy atom. The Labute approximate surface area is 240 Å². The highest BCUT2D eigenvalue weighted by molar-refractivity contribution is 5.95. The lowest BCUT2D eigenvalue weighted by molar-refractivity contribution is 0.446. The smallest absolute Gasteiger partial charge is 0.200 e. The van der Waals surface area contributed by atoms with Crippen molar-refractivity contribution in [3.8, 4) is 45.3 Å². The molecule has 198 valence electrons. The maximum atomic E-state index is 13.3. The number of rotatable bonds is 2. The van der Waals surface area contributed by atoms with Crippen molar-refractivity contribution in [1.29, 1.82) is 0 Å². The highest BCUT2D eigenvalue weighted by atomic mass is 16.5. The monoisotopic (exact) mass is 543 g/mol. The molecule has 0 spiro atoms. The maximum absolute atomic E-state index is 13.3. The summed E-state index contributed by atoms with van der Waals surface area (Å²) < 4.78 is 18.7. The van der Waals surface area contributed by atoms with Gasteiger partial charge in [-0.25, -0.2) is 0 Å². The van der Waals surface area contributed by atoms with Crippen molar-refractivity contribution in [3.63, 3.8) is 0 Å². The van der Waals surface area contributed by atoms with Gasteiger partial charge in [0.25, 0.3) is 0 Å².